The highest BCUT2D eigenvalue weighted by molar-refractivity contribution is 5.57. The zero-order valence-corrected chi connectivity index (χ0v) is 16.5. The Balaban J connectivity index is 1.52. The zero-order chi connectivity index (χ0) is 18.1. The molecular formula is C24H33NO. The monoisotopic (exact) mass is 351 g/mol. The number of allylic oxidation sites excluding steroid dienone is 3. The highest BCUT2D eigenvalue weighted by atomic mass is 16.3. The maximum atomic E-state index is 10.2. The number of hydrogen-bond acceptors (Lipinski definition) is 1. The number of nitrogens with zero attached hydrogens (tertiary/aromatic N) is 1. The van der Waals surface area contributed by atoms with E-state index in [9.17, 15) is 5.11 Å². The van der Waals surface area contributed by atoms with E-state index < -0.39 is 0 Å². The van der Waals surface area contributed by atoms with Gasteiger partial charge < -0.3 is 9.67 Å². The van der Waals surface area contributed by atoms with Gasteiger partial charge in [0.15, 0.2) is 0 Å². The summed E-state index contributed by atoms with van der Waals surface area (Å²) in [5.41, 5.74) is 3.75. The van der Waals surface area contributed by atoms with Crippen LogP contribution in [0.25, 0.3) is 5.70 Å². The summed E-state index contributed by atoms with van der Waals surface area (Å²) in [6, 6.07) is 4.30. The molecule has 2 fully saturated rings. The maximum Gasteiger partial charge on any atom is 0.0577 e. The number of aliphatic hydroxyl groups is 1. The molecule has 7 atom stereocenters. The van der Waals surface area contributed by atoms with Crippen molar-refractivity contribution in [2.75, 3.05) is 0 Å². The van der Waals surface area contributed by atoms with Gasteiger partial charge in [-0.3, -0.25) is 0 Å². The summed E-state index contributed by atoms with van der Waals surface area (Å²) in [5.74, 6) is 2.97. The molecule has 4 aliphatic carbocycles. The molecule has 1 aromatic heterocycles. The normalized spacial score (nSPS) is 47.5. The largest absolute Gasteiger partial charge is 0.393 e. The van der Waals surface area contributed by atoms with E-state index in [1.54, 1.807) is 5.57 Å². The molecule has 4 aliphatic rings. The summed E-state index contributed by atoms with van der Waals surface area (Å²) in [7, 11) is 0. The van der Waals surface area contributed by atoms with Gasteiger partial charge in [-0.2, -0.15) is 0 Å². The fourth-order valence-electron chi connectivity index (χ4n) is 7.44. The van der Waals surface area contributed by atoms with Crippen molar-refractivity contribution in [3.05, 3.63) is 42.3 Å². The Morgan fingerprint density at radius 2 is 1.77 bits per heavy atom. The summed E-state index contributed by atoms with van der Waals surface area (Å²) in [6.07, 6.45) is 16.4. The lowest BCUT2D eigenvalue weighted by atomic mass is 9.46. The second-order valence-electron chi connectivity index (χ2n) is 10.0. The minimum absolute atomic E-state index is 0.111. The van der Waals surface area contributed by atoms with Crippen molar-refractivity contribution in [3.8, 4) is 0 Å². The van der Waals surface area contributed by atoms with E-state index in [0.29, 0.717) is 16.7 Å². The van der Waals surface area contributed by atoms with Crippen molar-refractivity contribution >= 4 is 5.70 Å². The van der Waals surface area contributed by atoms with E-state index in [0.717, 1.165) is 30.6 Å². The van der Waals surface area contributed by atoms with E-state index in [1.807, 2.05) is 0 Å². The first kappa shape index (κ1) is 16.9. The Hall–Kier alpha value is -1.28. The first-order valence-corrected chi connectivity index (χ1v) is 10.7. The summed E-state index contributed by atoms with van der Waals surface area (Å²) in [4.78, 5) is 0. The van der Waals surface area contributed by atoms with Gasteiger partial charge in [0.05, 0.1) is 6.10 Å². The fraction of sp³-hybridized carbons (Fsp3) is 0.667. The van der Waals surface area contributed by atoms with Crippen LogP contribution in [0.2, 0.25) is 0 Å². The molecule has 140 valence electrons. The predicted octanol–water partition coefficient (Wildman–Crippen LogP) is 5.51. The first-order chi connectivity index (χ1) is 12.4. The molecule has 2 heteroatoms. The number of rotatable bonds is 1. The molecule has 5 rings (SSSR count). The summed E-state index contributed by atoms with van der Waals surface area (Å²) < 4.78 is 2.37. The van der Waals surface area contributed by atoms with Gasteiger partial charge in [0.25, 0.3) is 0 Å². The van der Waals surface area contributed by atoms with Crippen LogP contribution < -0.4 is 0 Å². The molecule has 0 aliphatic heterocycles. The van der Waals surface area contributed by atoms with E-state index in [1.165, 1.54) is 31.4 Å². The van der Waals surface area contributed by atoms with Crippen LogP contribution in [0, 0.1) is 34.5 Å². The number of aliphatic hydroxyl groups excluding tert-OH is 1. The molecule has 0 aromatic carbocycles. The van der Waals surface area contributed by atoms with Crippen LogP contribution in [0.3, 0.4) is 0 Å². The summed E-state index contributed by atoms with van der Waals surface area (Å²) >= 11 is 0. The molecule has 2 unspecified atom stereocenters. The van der Waals surface area contributed by atoms with Crippen LogP contribution in [0.5, 0.6) is 0 Å². The second-order valence-corrected chi connectivity index (χ2v) is 10.0. The highest BCUT2D eigenvalue weighted by Crippen LogP contribution is 2.66. The van der Waals surface area contributed by atoms with Crippen LogP contribution >= 0.6 is 0 Å². The predicted molar refractivity (Wildman–Crippen MR) is 106 cm³/mol. The molecule has 0 spiro atoms. The lowest BCUT2D eigenvalue weighted by Crippen LogP contribution is -2.52. The van der Waals surface area contributed by atoms with E-state index in [4.69, 9.17) is 0 Å². The van der Waals surface area contributed by atoms with Gasteiger partial charge in [-0.25, -0.2) is 0 Å². The lowest BCUT2D eigenvalue weighted by Gasteiger charge is -2.59. The van der Waals surface area contributed by atoms with Crippen LogP contribution in [0.4, 0.5) is 0 Å². The molecule has 26 heavy (non-hydrogen) atoms. The molecule has 1 N–H and O–H groups in total. The fourth-order valence-corrected chi connectivity index (χ4v) is 7.44. The first-order valence-electron chi connectivity index (χ1n) is 10.7. The zero-order valence-electron chi connectivity index (χ0n) is 16.5. The number of fused-ring (bicyclic) bond motifs is 5. The molecule has 2 saturated carbocycles. The average Bonchev–Trinajstić information content (AvgIpc) is 3.23. The second kappa shape index (κ2) is 5.61. The van der Waals surface area contributed by atoms with Gasteiger partial charge in [0, 0.05) is 23.5 Å². The van der Waals surface area contributed by atoms with Crippen molar-refractivity contribution < 1.29 is 5.11 Å². The third kappa shape index (κ3) is 2.14. The van der Waals surface area contributed by atoms with Gasteiger partial charge in [0.2, 0.25) is 0 Å². The van der Waals surface area contributed by atoms with Crippen molar-refractivity contribution in [1.82, 2.24) is 4.57 Å². The summed E-state index contributed by atoms with van der Waals surface area (Å²) in [6.45, 7) is 7.50. The minimum atomic E-state index is -0.111. The average molecular weight is 352 g/mol. The smallest absolute Gasteiger partial charge is 0.0577 e. The molecule has 0 saturated heterocycles. The van der Waals surface area contributed by atoms with Gasteiger partial charge in [-0.1, -0.05) is 38.5 Å². The van der Waals surface area contributed by atoms with Crippen LogP contribution in [-0.2, 0) is 0 Å². The molecule has 1 aromatic rings. The minimum Gasteiger partial charge on any atom is -0.393 e. The van der Waals surface area contributed by atoms with Gasteiger partial charge in [-0.15, -0.1) is 0 Å². The van der Waals surface area contributed by atoms with Crippen molar-refractivity contribution in [2.45, 2.75) is 65.4 Å². The van der Waals surface area contributed by atoms with Crippen LogP contribution in [-0.4, -0.2) is 15.8 Å². The summed E-state index contributed by atoms with van der Waals surface area (Å²) in [5, 5.41) is 10.2. The number of aromatic nitrogens is 1. The van der Waals surface area contributed by atoms with Crippen molar-refractivity contribution in [2.24, 2.45) is 34.5 Å². The van der Waals surface area contributed by atoms with Crippen molar-refractivity contribution in [3.63, 3.8) is 0 Å². The maximum absolute atomic E-state index is 10.2. The Morgan fingerprint density at radius 3 is 2.54 bits per heavy atom. The van der Waals surface area contributed by atoms with E-state index in [2.05, 4.69) is 62.0 Å². The molecular weight excluding hydrogens is 318 g/mol. The van der Waals surface area contributed by atoms with Crippen LogP contribution in [0.1, 0.15) is 59.3 Å². The number of hydrogen-bond donors (Lipinski definition) is 1. The molecule has 1 heterocycles. The van der Waals surface area contributed by atoms with Crippen molar-refractivity contribution in [1.29, 1.82) is 0 Å². The molecule has 0 amide bonds. The van der Waals surface area contributed by atoms with Crippen LogP contribution in [0.15, 0.2) is 42.3 Å². The van der Waals surface area contributed by atoms with E-state index >= 15 is 0 Å². The third-order valence-corrected chi connectivity index (χ3v) is 8.83. The molecule has 0 radical (unpaired) electrons. The molecule has 2 nitrogen and oxygen atoms in total. The lowest BCUT2D eigenvalue weighted by molar-refractivity contribution is -0.0436. The molecule has 0 bridgehead atoms. The van der Waals surface area contributed by atoms with Gasteiger partial charge in [-0.05, 0) is 79.7 Å². The third-order valence-electron chi connectivity index (χ3n) is 8.83. The Morgan fingerprint density at radius 1 is 1.04 bits per heavy atom. The standard InChI is InChI=1S/C24H33NO/c1-16-14-17-15-18(26)8-10-23(17,2)20-9-11-24(3)19(22(16)20)6-7-21(24)25-12-4-5-13-25/h4-5,7,12-14,16,18-20,22,26H,6,8-11,15H2,1-3H3/t16?,18?,19-,20+,22-,23-,24-/m0/s1. The van der Waals surface area contributed by atoms with Gasteiger partial charge >= 0.3 is 0 Å². The Bertz CT molecular complexity index is 759. The van der Waals surface area contributed by atoms with E-state index in [-0.39, 0.29) is 6.10 Å². The van der Waals surface area contributed by atoms with Gasteiger partial charge in [0.1, 0.15) is 0 Å². The highest BCUT2D eigenvalue weighted by Gasteiger charge is 2.58. The quantitative estimate of drug-likeness (QED) is 0.663. The SMILES string of the molecule is CC1C=C2CC(O)CC[C@]2(C)[C@@H]2CC[C@]3(C)C(n4cccc4)=CC[C@H]3[C@H]12. The Labute approximate surface area is 158 Å². The topological polar surface area (TPSA) is 25.2 Å². The Kier molecular flexibility index (Phi) is 3.64.